The summed E-state index contributed by atoms with van der Waals surface area (Å²) in [7, 11) is 0. The number of benzene rings is 1. The topological polar surface area (TPSA) is 12.4 Å². The average Bonchev–Trinajstić information content (AvgIpc) is 2.76. The summed E-state index contributed by atoms with van der Waals surface area (Å²) in [5.41, 5.74) is 6.62. The maximum absolute atomic E-state index is 13.8. The third kappa shape index (κ3) is 2.24. The van der Waals surface area contributed by atoms with Crippen LogP contribution in [0.25, 0.3) is 5.57 Å². The van der Waals surface area contributed by atoms with Crippen molar-refractivity contribution in [1.82, 2.24) is 0 Å². The van der Waals surface area contributed by atoms with Gasteiger partial charge in [-0.1, -0.05) is 37.3 Å². The van der Waals surface area contributed by atoms with Crippen LogP contribution < -0.4 is 0 Å². The molecule has 0 aromatic heterocycles. The minimum Gasteiger partial charge on any atom is -0.229 e. The van der Waals surface area contributed by atoms with Crippen molar-refractivity contribution in [1.29, 1.82) is 0 Å². The molecule has 1 heterocycles. The zero-order valence-corrected chi connectivity index (χ0v) is 12.2. The summed E-state index contributed by atoms with van der Waals surface area (Å²) in [6.45, 7) is 8.29. The Morgan fingerprint density at radius 3 is 2.75 bits per heavy atom. The normalized spacial score (nSPS) is 22.1. The number of aliphatic imine (C=N–C) groups is 1. The summed E-state index contributed by atoms with van der Waals surface area (Å²) in [6, 6.07) is 6.32. The molecule has 0 bridgehead atoms. The highest BCUT2D eigenvalue weighted by Crippen LogP contribution is 2.35. The molecule has 0 saturated carbocycles. The number of halogens is 1. The monoisotopic (exact) mass is 269 g/mol. The summed E-state index contributed by atoms with van der Waals surface area (Å²) in [4.78, 5) is 3.92. The molecule has 2 aliphatic rings. The summed E-state index contributed by atoms with van der Waals surface area (Å²) in [5, 5.41) is 0. The van der Waals surface area contributed by atoms with Crippen molar-refractivity contribution < 1.29 is 4.39 Å². The van der Waals surface area contributed by atoms with Crippen LogP contribution in [0.3, 0.4) is 0 Å². The number of fused-ring (bicyclic) bond motifs is 1. The molecule has 0 fully saturated rings. The van der Waals surface area contributed by atoms with Gasteiger partial charge in [0.05, 0.1) is 0 Å². The van der Waals surface area contributed by atoms with E-state index >= 15 is 0 Å². The Labute approximate surface area is 119 Å². The van der Waals surface area contributed by atoms with Crippen LogP contribution in [0.15, 0.2) is 41.3 Å². The molecule has 0 saturated heterocycles. The lowest BCUT2D eigenvalue weighted by molar-refractivity contribution is 0.555. The van der Waals surface area contributed by atoms with Crippen LogP contribution in [0, 0.1) is 5.92 Å². The predicted molar refractivity (Wildman–Crippen MR) is 82.5 cm³/mol. The molecule has 1 aliphatic carbocycles. The highest BCUT2D eigenvalue weighted by molar-refractivity contribution is 5.97. The molecule has 3 rings (SSSR count). The lowest BCUT2D eigenvalue weighted by Crippen LogP contribution is -2.16. The molecule has 1 aromatic carbocycles. The van der Waals surface area contributed by atoms with Crippen molar-refractivity contribution in [2.75, 3.05) is 0 Å². The second kappa shape index (κ2) is 5.01. The van der Waals surface area contributed by atoms with Crippen LogP contribution in [-0.2, 0) is 12.8 Å². The highest BCUT2D eigenvalue weighted by atomic mass is 19.1. The minimum absolute atomic E-state index is 0.310. The van der Waals surface area contributed by atoms with Gasteiger partial charge in [-0.05, 0) is 48.8 Å². The van der Waals surface area contributed by atoms with Gasteiger partial charge in [0.2, 0.25) is 5.95 Å². The second-order valence-corrected chi connectivity index (χ2v) is 5.92. The zero-order valence-electron chi connectivity index (χ0n) is 12.2. The van der Waals surface area contributed by atoms with E-state index in [1.807, 2.05) is 13.0 Å². The number of hydrogen-bond acceptors (Lipinski definition) is 1. The van der Waals surface area contributed by atoms with Crippen LogP contribution in [0.5, 0.6) is 0 Å². The molecule has 1 unspecified atom stereocenters. The number of nitrogens with zero attached hydrogens (tertiary/aromatic N) is 1. The molecule has 1 aliphatic heterocycles. The Balaban J connectivity index is 1.95. The van der Waals surface area contributed by atoms with Crippen molar-refractivity contribution in [2.45, 2.75) is 39.5 Å². The summed E-state index contributed by atoms with van der Waals surface area (Å²) >= 11 is 0. The van der Waals surface area contributed by atoms with Crippen molar-refractivity contribution >= 4 is 11.3 Å². The molecule has 1 nitrogen and oxygen atoms in total. The van der Waals surface area contributed by atoms with Gasteiger partial charge >= 0.3 is 0 Å². The van der Waals surface area contributed by atoms with E-state index in [9.17, 15) is 4.39 Å². The smallest absolute Gasteiger partial charge is 0.216 e. The first-order valence-corrected chi connectivity index (χ1v) is 7.31. The fraction of sp³-hybridized carbons (Fsp3) is 0.389. The number of allylic oxidation sites excluding steroid dienone is 2. The molecule has 1 aromatic rings. The summed E-state index contributed by atoms with van der Waals surface area (Å²) < 4.78 is 13.8. The third-order valence-electron chi connectivity index (χ3n) is 4.48. The van der Waals surface area contributed by atoms with E-state index in [4.69, 9.17) is 0 Å². The Bertz CT molecular complexity index is 637. The van der Waals surface area contributed by atoms with Crippen LogP contribution in [0.2, 0.25) is 0 Å². The Kier molecular flexibility index (Phi) is 3.33. The van der Waals surface area contributed by atoms with Gasteiger partial charge in [-0.25, -0.2) is 4.99 Å². The SMILES string of the molecule is C=C1Cc2ccc(C3=C(F)N=C(C)C3)cc2CC1CC. The number of hydrogen-bond donors (Lipinski definition) is 0. The Hall–Kier alpha value is -1.70. The molecular formula is C18H20FN. The third-order valence-corrected chi connectivity index (χ3v) is 4.48. The first-order chi connectivity index (χ1) is 9.58. The van der Waals surface area contributed by atoms with Gasteiger partial charge in [-0.15, -0.1) is 0 Å². The fourth-order valence-corrected chi connectivity index (χ4v) is 3.23. The molecule has 0 radical (unpaired) electrons. The first-order valence-electron chi connectivity index (χ1n) is 7.31. The molecule has 1 atom stereocenters. The minimum atomic E-state index is -0.310. The molecule has 0 N–H and O–H groups in total. The van der Waals surface area contributed by atoms with Gasteiger partial charge in [0.25, 0.3) is 0 Å². The fourth-order valence-electron chi connectivity index (χ4n) is 3.23. The van der Waals surface area contributed by atoms with E-state index < -0.39 is 0 Å². The van der Waals surface area contributed by atoms with Crippen LogP contribution in [-0.4, -0.2) is 5.71 Å². The summed E-state index contributed by atoms with van der Waals surface area (Å²) in [5.74, 6) is 0.257. The van der Waals surface area contributed by atoms with Crippen LogP contribution >= 0.6 is 0 Å². The molecule has 0 amide bonds. The quantitative estimate of drug-likeness (QED) is 0.536. The largest absolute Gasteiger partial charge is 0.229 e. The first kappa shape index (κ1) is 13.3. The molecule has 2 heteroatoms. The molecule has 104 valence electrons. The van der Waals surface area contributed by atoms with Crippen molar-refractivity contribution in [3.05, 3.63) is 53.0 Å². The average molecular weight is 269 g/mol. The van der Waals surface area contributed by atoms with E-state index in [-0.39, 0.29) is 5.95 Å². The lowest BCUT2D eigenvalue weighted by Gasteiger charge is -2.26. The summed E-state index contributed by atoms with van der Waals surface area (Å²) in [6.07, 6.45) is 3.76. The van der Waals surface area contributed by atoms with Crippen LogP contribution in [0.1, 0.15) is 43.4 Å². The van der Waals surface area contributed by atoms with E-state index in [0.717, 1.165) is 36.1 Å². The number of rotatable bonds is 2. The molecular weight excluding hydrogens is 249 g/mol. The maximum Gasteiger partial charge on any atom is 0.216 e. The predicted octanol–water partition coefficient (Wildman–Crippen LogP) is 4.87. The van der Waals surface area contributed by atoms with E-state index in [0.29, 0.717) is 12.3 Å². The lowest BCUT2D eigenvalue weighted by atomic mass is 9.78. The van der Waals surface area contributed by atoms with Gasteiger partial charge in [0.1, 0.15) is 0 Å². The van der Waals surface area contributed by atoms with Gasteiger partial charge < -0.3 is 0 Å². The van der Waals surface area contributed by atoms with Gasteiger partial charge in [-0.3, -0.25) is 0 Å². The Morgan fingerprint density at radius 2 is 2.10 bits per heavy atom. The van der Waals surface area contributed by atoms with Gasteiger partial charge in [0.15, 0.2) is 0 Å². The van der Waals surface area contributed by atoms with E-state index in [1.54, 1.807) is 0 Å². The van der Waals surface area contributed by atoms with Crippen molar-refractivity contribution in [3.63, 3.8) is 0 Å². The highest BCUT2D eigenvalue weighted by Gasteiger charge is 2.23. The standard InChI is InChI=1S/C18H20FN/c1-4-13-9-16-10-15(6-5-14(16)7-11(13)2)17-8-12(3)20-18(17)19/h5-6,10,13H,2,4,7-9H2,1,3H3. The second-order valence-electron chi connectivity index (χ2n) is 5.92. The Morgan fingerprint density at radius 1 is 1.30 bits per heavy atom. The zero-order chi connectivity index (χ0) is 14.3. The van der Waals surface area contributed by atoms with Crippen LogP contribution in [0.4, 0.5) is 4.39 Å². The van der Waals surface area contributed by atoms with Crippen molar-refractivity contribution in [3.8, 4) is 0 Å². The van der Waals surface area contributed by atoms with Gasteiger partial charge in [0, 0.05) is 17.7 Å². The maximum atomic E-state index is 13.8. The molecule has 0 spiro atoms. The van der Waals surface area contributed by atoms with Gasteiger partial charge in [-0.2, -0.15) is 4.39 Å². The van der Waals surface area contributed by atoms with E-state index in [1.165, 1.54) is 16.7 Å². The van der Waals surface area contributed by atoms with Crippen molar-refractivity contribution in [2.24, 2.45) is 10.9 Å². The van der Waals surface area contributed by atoms with E-state index in [2.05, 4.69) is 30.6 Å². The molecule has 20 heavy (non-hydrogen) atoms.